The van der Waals surface area contributed by atoms with Crippen LogP contribution in [-0.4, -0.2) is 90.8 Å². The van der Waals surface area contributed by atoms with Gasteiger partial charge in [0.1, 0.15) is 17.3 Å². The highest BCUT2D eigenvalue weighted by atomic mass is 35.5. The Labute approximate surface area is 295 Å². The summed E-state index contributed by atoms with van der Waals surface area (Å²) in [5, 5.41) is 11.0. The molecule has 1 aliphatic heterocycles. The van der Waals surface area contributed by atoms with Crippen LogP contribution in [0.2, 0.25) is 5.28 Å². The first-order valence-corrected chi connectivity index (χ1v) is 16.5. The van der Waals surface area contributed by atoms with Crippen LogP contribution in [0.25, 0.3) is 11.2 Å². The Bertz CT molecular complexity index is 1690. The Morgan fingerprint density at radius 1 is 1.00 bits per heavy atom. The molecule has 1 unspecified atom stereocenters. The zero-order chi connectivity index (χ0) is 37.2. The molecule has 3 aromatic rings. The van der Waals surface area contributed by atoms with E-state index in [-0.39, 0.29) is 41.9 Å². The third kappa shape index (κ3) is 8.57. The molecule has 0 bridgehead atoms. The summed E-state index contributed by atoms with van der Waals surface area (Å²) in [6, 6.07) is 8.92. The largest absolute Gasteiger partial charge is 0.463 e. The number of halogens is 1. The number of benzene rings is 1. The maximum Gasteiger partial charge on any atom is 0.425 e. The summed E-state index contributed by atoms with van der Waals surface area (Å²) in [5.41, 5.74) is -3.30. The van der Waals surface area contributed by atoms with Crippen molar-refractivity contribution < 1.29 is 48.0 Å². The average molecular weight is 718 g/mol. The Kier molecular flexibility index (Phi) is 11.6. The van der Waals surface area contributed by atoms with Gasteiger partial charge in [-0.3, -0.25) is 9.36 Å². The van der Waals surface area contributed by atoms with Crippen LogP contribution < -0.4 is 4.90 Å². The minimum Gasteiger partial charge on any atom is -0.463 e. The van der Waals surface area contributed by atoms with Crippen LogP contribution in [0.3, 0.4) is 0 Å². The van der Waals surface area contributed by atoms with Gasteiger partial charge in [0.15, 0.2) is 29.0 Å². The molecule has 0 saturated carbocycles. The molecule has 272 valence electrons. The summed E-state index contributed by atoms with van der Waals surface area (Å²) >= 11 is 6.33. The van der Waals surface area contributed by atoms with Crippen molar-refractivity contribution in [2.75, 3.05) is 18.1 Å². The van der Waals surface area contributed by atoms with Gasteiger partial charge in [-0.15, -0.1) is 0 Å². The summed E-state index contributed by atoms with van der Waals surface area (Å²) in [7, 11) is 0. The van der Waals surface area contributed by atoms with Gasteiger partial charge in [0.2, 0.25) is 10.9 Å². The SMILES string of the molecule is CCOC(=O)C(Cc1ccccc1)(OC[C@H]1O[C@@H](n2cnc3c(N(C(=O)OC(C)(C)C)C(=O)OC(C)(C)C)nc(Cl)nc32)[C@H](O)[C@H]1C)C(C)=O. The van der Waals surface area contributed by atoms with E-state index in [1.54, 1.807) is 79.7 Å². The third-order valence-electron chi connectivity index (χ3n) is 7.71. The molecule has 5 atom stereocenters. The molecular formula is C34H44ClN5O10. The quantitative estimate of drug-likeness (QED) is 0.125. The molecule has 0 spiro atoms. The van der Waals surface area contributed by atoms with Crippen LogP contribution in [0.4, 0.5) is 15.4 Å². The highest BCUT2D eigenvalue weighted by Gasteiger charge is 2.50. The Morgan fingerprint density at radius 2 is 1.60 bits per heavy atom. The van der Waals surface area contributed by atoms with Gasteiger partial charge in [0.25, 0.3) is 0 Å². The molecule has 0 radical (unpaired) electrons. The lowest BCUT2D eigenvalue weighted by Gasteiger charge is -2.31. The van der Waals surface area contributed by atoms with Gasteiger partial charge in [-0.2, -0.15) is 14.9 Å². The van der Waals surface area contributed by atoms with Crippen molar-refractivity contribution in [2.24, 2.45) is 5.92 Å². The van der Waals surface area contributed by atoms with Crippen molar-refractivity contribution in [3.05, 3.63) is 47.5 Å². The molecular weight excluding hydrogens is 674 g/mol. The van der Waals surface area contributed by atoms with Gasteiger partial charge in [0.05, 0.1) is 25.6 Å². The molecule has 4 rings (SSSR count). The van der Waals surface area contributed by atoms with Crippen molar-refractivity contribution in [1.29, 1.82) is 0 Å². The van der Waals surface area contributed by atoms with E-state index in [4.69, 9.17) is 35.3 Å². The minimum absolute atomic E-state index is 0.0172. The van der Waals surface area contributed by atoms with Gasteiger partial charge in [0, 0.05) is 12.3 Å². The first kappa shape index (κ1) is 38.6. The number of aliphatic hydroxyl groups is 1. The molecule has 1 aliphatic rings. The zero-order valence-corrected chi connectivity index (χ0v) is 30.4. The number of aliphatic hydroxyl groups excluding tert-OH is 1. The number of ketones is 1. The Morgan fingerprint density at radius 3 is 2.14 bits per heavy atom. The van der Waals surface area contributed by atoms with Gasteiger partial charge in [-0.1, -0.05) is 37.3 Å². The topological polar surface area (TPSA) is 182 Å². The Balaban J connectivity index is 1.69. The van der Waals surface area contributed by atoms with Crippen molar-refractivity contribution >= 4 is 52.5 Å². The number of nitrogens with zero attached hydrogens (tertiary/aromatic N) is 5. The highest BCUT2D eigenvalue weighted by Crippen LogP contribution is 2.38. The van der Waals surface area contributed by atoms with Gasteiger partial charge in [-0.25, -0.2) is 19.4 Å². The van der Waals surface area contributed by atoms with Crippen LogP contribution in [0.15, 0.2) is 36.7 Å². The third-order valence-corrected chi connectivity index (χ3v) is 7.88. The van der Waals surface area contributed by atoms with Crippen molar-refractivity contribution in [1.82, 2.24) is 19.5 Å². The number of hydrogen-bond acceptors (Lipinski definition) is 13. The summed E-state index contributed by atoms with van der Waals surface area (Å²) in [6.45, 7) is 14.1. The van der Waals surface area contributed by atoms with Gasteiger partial charge in [-0.05, 0) is 72.6 Å². The fourth-order valence-corrected chi connectivity index (χ4v) is 5.43. The fraction of sp³-hybridized carbons (Fsp3) is 0.559. The van der Waals surface area contributed by atoms with Crippen LogP contribution in [0, 0.1) is 5.92 Å². The van der Waals surface area contributed by atoms with Crippen LogP contribution in [0.1, 0.15) is 74.1 Å². The number of rotatable bonds is 10. The van der Waals surface area contributed by atoms with E-state index in [0.29, 0.717) is 10.5 Å². The van der Waals surface area contributed by atoms with E-state index in [0.717, 1.165) is 0 Å². The predicted octanol–water partition coefficient (Wildman–Crippen LogP) is 5.20. The van der Waals surface area contributed by atoms with E-state index < -0.39 is 65.1 Å². The molecule has 1 saturated heterocycles. The van der Waals surface area contributed by atoms with Crippen LogP contribution >= 0.6 is 11.6 Å². The maximum absolute atomic E-state index is 13.4. The molecule has 50 heavy (non-hydrogen) atoms. The number of carbonyl (C=O) groups excluding carboxylic acids is 4. The number of imidazole rings is 1. The van der Waals surface area contributed by atoms with E-state index in [1.165, 1.54) is 17.8 Å². The molecule has 1 aromatic carbocycles. The highest BCUT2D eigenvalue weighted by molar-refractivity contribution is 6.29. The lowest BCUT2D eigenvalue weighted by molar-refractivity contribution is -0.182. The minimum atomic E-state index is -1.96. The number of Topliss-reactive ketones (excluding diaryl/α,β-unsaturated/α-hetero) is 1. The van der Waals surface area contributed by atoms with Gasteiger partial charge >= 0.3 is 18.2 Å². The lowest BCUT2D eigenvalue weighted by atomic mass is 9.90. The summed E-state index contributed by atoms with van der Waals surface area (Å²) in [6.07, 6.45) is -4.09. The number of aromatic nitrogens is 4. The number of fused-ring (bicyclic) bond motifs is 1. The lowest BCUT2D eigenvalue weighted by Crippen LogP contribution is -2.52. The van der Waals surface area contributed by atoms with E-state index >= 15 is 0 Å². The summed E-state index contributed by atoms with van der Waals surface area (Å²) in [5.74, 6) is -2.29. The molecule has 0 aliphatic carbocycles. The van der Waals surface area contributed by atoms with E-state index in [1.807, 2.05) is 6.07 Å². The summed E-state index contributed by atoms with van der Waals surface area (Å²) < 4.78 is 30.0. The van der Waals surface area contributed by atoms with E-state index in [9.17, 15) is 24.3 Å². The van der Waals surface area contributed by atoms with Crippen LogP contribution in [0.5, 0.6) is 0 Å². The number of amides is 2. The van der Waals surface area contributed by atoms with Gasteiger partial charge < -0.3 is 28.8 Å². The molecule has 1 N–H and O–H groups in total. The van der Waals surface area contributed by atoms with Crippen LogP contribution in [-0.2, 0) is 39.7 Å². The number of ether oxygens (including phenoxy) is 5. The molecule has 15 nitrogen and oxygen atoms in total. The predicted molar refractivity (Wildman–Crippen MR) is 181 cm³/mol. The molecule has 3 heterocycles. The van der Waals surface area contributed by atoms with Crippen molar-refractivity contribution in [3.63, 3.8) is 0 Å². The molecule has 2 amide bonds. The number of carbonyl (C=O) groups is 4. The first-order valence-electron chi connectivity index (χ1n) is 16.1. The molecule has 16 heteroatoms. The zero-order valence-electron chi connectivity index (χ0n) is 29.6. The normalized spacial score (nSPS) is 20.6. The number of anilines is 1. The second-order valence-corrected chi connectivity index (χ2v) is 14.3. The van der Waals surface area contributed by atoms with Crippen molar-refractivity contribution in [2.45, 2.75) is 104 Å². The molecule has 1 fully saturated rings. The fourth-order valence-electron chi connectivity index (χ4n) is 5.27. The number of hydrogen-bond donors (Lipinski definition) is 1. The second kappa shape index (κ2) is 15.0. The monoisotopic (exact) mass is 717 g/mol. The smallest absolute Gasteiger partial charge is 0.425 e. The van der Waals surface area contributed by atoms with Crippen molar-refractivity contribution in [3.8, 4) is 0 Å². The number of imide groups is 1. The van der Waals surface area contributed by atoms with E-state index in [2.05, 4.69) is 15.0 Å². The second-order valence-electron chi connectivity index (χ2n) is 13.9. The average Bonchev–Trinajstić information content (AvgIpc) is 3.53. The molecule has 2 aromatic heterocycles. The maximum atomic E-state index is 13.4. The standard InChI is InChI=1S/C34H44ClN5O10/c1-10-46-28(43)34(20(3)41,16-21-14-12-11-13-15-21)47-17-22-19(2)24(42)27(48-22)39-18-36-23-25(39)37-29(35)38-26(23)40(30(44)49-32(4,5)6)31(45)50-33(7,8)9/h11-15,18-19,22,24,27,42H,10,16-17H2,1-9H3/t19-,22+,24+,27+,34?/m0/s1. The first-order chi connectivity index (χ1) is 23.3. The Hall–Kier alpha value is -4.18. The summed E-state index contributed by atoms with van der Waals surface area (Å²) in [4.78, 5) is 66.4. The number of esters is 1.